The van der Waals surface area contributed by atoms with Gasteiger partial charge in [-0.1, -0.05) is 0 Å². The number of rotatable bonds is 1. The molecule has 0 aliphatic rings. The predicted octanol–water partition coefficient (Wildman–Crippen LogP) is 2.23. The van der Waals surface area contributed by atoms with E-state index >= 15 is 0 Å². The van der Waals surface area contributed by atoms with Gasteiger partial charge < -0.3 is 0 Å². The Kier molecular flexibility index (Phi) is 2.14. The molecule has 1 nitrogen and oxygen atoms in total. The quantitative estimate of drug-likeness (QED) is 0.598. The monoisotopic (exact) mass is 153 g/mol. The summed E-state index contributed by atoms with van der Waals surface area (Å²) in [7, 11) is 0. The summed E-state index contributed by atoms with van der Waals surface area (Å²) in [6, 6.07) is 3.15. The van der Waals surface area contributed by atoms with Gasteiger partial charge in [-0.25, -0.2) is 8.78 Å². The molecule has 0 aliphatic heterocycles. The number of benzene rings is 1. The smallest absolute Gasteiger partial charge is 0.134 e. The molecule has 0 heterocycles. The van der Waals surface area contributed by atoms with E-state index < -0.39 is 11.6 Å². The lowest BCUT2D eigenvalue weighted by Crippen LogP contribution is -1.83. The Morgan fingerprint density at radius 3 is 2.64 bits per heavy atom. The fourth-order valence-electron chi connectivity index (χ4n) is 0.696. The van der Waals surface area contributed by atoms with E-state index in [-0.39, 0.29) is 5.56 Å². The topological polar surface area (TPSA) is 23.9 Å². The summed E-state index contributed by atoms with van der Waals surface area (Å²) in [4.78, 5) is 0. The van der Waals surface area contributed by atoms with Crippen molar-refractivity contribution < 1.29 is 8.78 Å². The number of nitrogens with one attached hydrogen (secondary N) is 1. The van der Waals surface area contributed by atoms with Crippen LogP contribution in [0.15, 0.2) is 18.2 Å². The molecule has 0 spiro atoms. The van der Waals surface area contributed by atoms with Crippen molar-refractivity contribution in [1.82, 2.24) is 0 Å². The lowest BCUT2D eigenvalue weighted by molar-refractivity contribution is 0.581. The Bertz CT molecular complexity index is 314. The van der Waals surface area contributed by atoms with Crippen molar-refractivity contribution in [2.24, 2.45) is 0 Å². The number of hydrogen-bond donors (Lipinski definition) is 1. The Labute approximate surface area is 62.5 Å². The number of hydrogen-bond acceptors (Lipinski definition) is 1. The summed E-state index contributed by atoms with van der Waals surface area (Å²) in [6.45, 7) is 0. The van der Waals surface area contributed by atoms with Gasteiger partial charge in [0.15, 0.2) is 0 Å². The fourth-order valence-corrected chi connectivity index (χ4v) is 0.696. The van der Waals surface area contributed by atoms with Crippen LogP contribution in [-0.4, -0.2) is 5.87 Å². The van der Waals surface area contributed by atoms with Crippen LogP contribution in [-0.2, 0) is 0 Å². The summed E-state index contributed by atoms with van der Waals surface area (Å²) in [6.07, 6.45) is 1.13. The Morgan fingerprint density at radius 2 is 2.09 bits per heavy atom. The maximum absolute atomic E-state index is 12.6. The lowest BCUT2D eigenvalue weighted by atomic mass is 10.2. The molecule has 0 bridgehead atoms. The zero-order chi connectivity index (χ0) is 8.27. The second-order valence-corrected chi connectivity index (χ2v) is 1.95. The van der Waals surface area contributed by atoms with Crippen LogP contribution in [0.25, 0.3) is 6.08 Å². The maximum Gasteiger partial charge on any atom is 0.134 e. The third kappa shape index (κ3) is 1.72. The van der Waals surface area contributed by atoms with Crippen LogP contribution in [0.3, 0.4) is 0 Å². The first-order chi connectivity index (χ1) is 5.24. The summed E-state index contributed by atoms with van der Waals surface area (Å²) in [5.41, 5.74) is 0.168. The highest BCUT2D eigenvalue weighted by molar-refractivity contribution is 5.75. The molecule has 56 valence electrons. The van der Waals surface area contributed by atoms with Crippen molar-refractivity contribution in [3.63, 3.8) is 0 Å². The van der Waals surface area contributed by atoms with Gasteiger partial charge in [0.25, 0.3) is 0 Å². The predicted molar refractivity (Wildman–Crippen MR) is 38.5 cm³/mol. The van der Waals surface area contributed by atoms with Crippen molar-refractivity contribution in [3.8, 4) is 0 Å². The van der Waals surface area contributed by atoms with Gasteiger partial charge >= 0.3 is 0 Å². The van der Waals surface area contributed by atoms with Gasteiger partial charge in [0.1, 0.15) is 11.6 Å². The van der Waals surface area contributed by atoms with E-state index in [1.165, 1.54) is 6.07 Å². The molecule has 1 aromatic carbocycles. The first-order valence-electron chi connectivity index (χ1n) is 2.94. The average Bonchev–Trinajstić information content (AvgIpc) is 1.95. The van der Waals surface area contributed by atoms with Crippen LogP contribution in [0.1, 0.15) is 5.56 Å². The molecule has 0 radical (unpaired) electrons. The molecule has 0 aliphatic carbocycles. The van der Waals surface area contributed by atoms with E-state index in [1.807, 2.05) is 5.87 Å². The molecule has 0 saturated heterocycles. The zero-order valence-corrected chi connectivity index (χ0v) is 5.57. The molecule has 1 rings (SSSR count). The molecule has 0 saturated carbocycles. The minimum Gasteiger partial charge on any atom is -0.259 e. The molecule has 0 fully saturated rings. The molecule has 0 atom stereocenters. The van der Waals surface area contributed by atoms with Gasteiger partial charge in [0.05, 0.1) is 0 Å². The second kappa shape index (κ2) is 3.08. The van der Waals surface area contributed by atoms with Crippen molar-refractivity contribution in [1.29, 1.82) is 5.41 Å². The van der Waals surface area contributed by atoms with Gasteiger partial charge in [-0.3, -0.25) is 5.41 Å². The molecule has 1 aromatic rings. The van der Waals surface area contributed by atoms with Gasteiger partial charge in [-0.2, -0.15) is 0 Å². The summed E-state index contributed by atoms with van der Waals surface area (Å²) >= 11 is 0. The third-order valence-corrected chi connectivity index (χ3v) is 1.19. The van der Waals surface area contributed by atoms with Crippen molar-refractivity contribution in [2.75, 3.05) is 0 Å². The Hall–Kier alpha value is -1.47. The third-order valence-electron chi connectivity index (χ3n) is 1.19. The molecule has 1 N–H and O–H groups in total. The first-order valence-corrected chi connectivity index (χ1v) is 2.94. The zero-order valence-electron chi connectivity index (χ0n) is 5.57. The van der Waals surface area contributed by atoms with Crippen LogP contribution in [0.4, 0.5) is 8.78 Å². The van der Waals surface area contributed by atoms with Crippen LogP contribution in [0.5, 0.6) is 0 Å². The molecule has 0 aromatic heterocycles. The number of halogens is 2. The second-order valence-electron chi connectivity index (χ2n) is 1.95. The summed E-state index contributed by atoms with van der Waals surface area (Å²) in [5.74, 6) is 0.610. The summed E-state index contributed by atoms with van der Waals surface area (Å²) in [5, 5.41) is 6.52. The lowest BCUT2D eigenvalue weighted by Gasteiger charge is -1.93. The largest absolute Gasteiger partial charge is 0.259 e. The van der Waals surface area contributed by atoms with E-state index in [0.717, 1.165) is 18.2 Å². The molecule has 0 amide bonds. The van der Waals surface area contributed by atoms with Crippen LogP contribution >= 0.6 is 0 Å². The average molecular weight is 153 g/mol. The van der Waals surface area contributed by atoms with E-state index in [2.05, 4.69) is 0 Å². The minimum atomic E-state index is -0.676. The van der Waals surface area contributed by atoms with E-state index in [9.17, 15) is 8.78 Å². The minimum absolute atomic E-state index is 0.168. The van der Waals surface area contributed by atoms with Crippen molar-refractivity contribution in [3.05, 3.63) is 35.4 Å². The first kappa shape index (κ1) is 7.63. The van der Waals surface area contributed by atoms with Gasteiger partial charge in [-0.05, 0) is 18.0 Å². The summed E-state index contributed by atoms with van der Waals surface area (Å²) < 4.78 is 24.9. The maximum atomic E-state index is 12.6. The molecular formula is C8H5F2N. The molecule has 3 heteroatoms. The van der Waals surface area contributed by atoms with Crippen LogP contribution in [0.2, 0.25) is 0 Å². The highest BCUT2D eigenvalue weighted by atomic mass is 19.1. The highest BCUT2D eigenvalue weighted by Gasteiger charge is 1.98. The van der Waals surface area contributed by atoms with E-state index in [4.69, 9.17) is 5.41 Å². The SMILES string of the molecule is N=C=Cc1ccc(F)cc1F. The molecule has 0 unspecified atom stereocenters. The van der Waals surface area contributed by atoms with Crippen molar-refractivity contribution >= 4 is 11.9 Å². The van der Waals surface area contributed by atoms with Gasteiger partial charge in [0.2, 0.25) is 0 Å². The standard InChI is InChI=1S/C8H5F2N/c9-7-2-1-6(3-4-11)8(10)5-7/h1-3,5,11H. The van der Waals surface area contributed by atoms with Crippen LogP contribution in [0, 0.1) is 17.0 Å². The van der Waals surface area contributed by atoms with E-state index in [0.29, 0.717) is 0 Å². The van der Waals surface area contributed by atoms with Crippen LogP contribution < -0.4 is 0 Å². The molecular weight excluding hydrogens is 148 g/mol. The Balaban J connectivity index is 3.19. The van der Waals surface area contributed by atoms with Crippen molar-refractivity contribution in [2.45, 2.75) is 0 Å². The highest BCUT2D eigenvalue weighted by Crippen LogP contribution is 2.09. The van der Waals surface area contributed by atoms with E-state index in [1.54, 1.807) is 0 Å². The normalized spacial score (nSPS) is 8.91. The Morgan fingerprint density at radius 1 is 1.36 bits per heavy atom. The van der Waals surface area contributed by atoms with Gasteiger partial charge in [0, 0.05) is 17.7 Å². The van der Waals surface area contributed by atoms with Gasteiger partial charge in [-0.15, -0.1) is 0 Å². The molecule has 11 heavy (non-hydrogen) atoms. The fraction of sp³-hybridized carbons (Fsp3) is 0.